The summed E-state index contributed by atoms with van der Waals surface area (Å²) in [4.78, 5) is 6.72. The first-order chi connectivity index (χ1) is 10.3. The predicted molar refractivity (Wildman–Crippen MR) is 93.0 cm³/mol. The van der Waals surface area contributed by atoms with Crippen LogP contribution in [0.15, 0.2) is 17.5 Å². The van der Waals surface area contributed by atoms with Crippen LogP contribution >= 0.6 is 11.3 Å². The summed E-state index contributed by atoms with van der Waals surface area (Å²) >= 11 is 1.89. The molecule has 0 atom stereocenters. The summed E-state index contributed by atoms with van der Waals surface area (Å²) < 4.78 is 0. The van der Waals surface area contributed by atoms with Crippen LogP contribution in [0.1, 0.15) is 31.6 Å². The van der Waals surface area contributed by atoms with Crippen LogP contribution in [-0.4, -0.2) is 55.6 Å². The van der Waals surface area contributed by atoms with Crippen molar-refractivity contribution in [1.29, 1.82) is 0 Å². The van der Waals surface area contributed by atoms with Gasteiger partial charge in [-0.25, -0.2) is 0 Å². The number of likely N-dealkylation sites (N-methyl/N-ethyl adjacent to an activating group) is 1. The molecule has 0 unspecified atom stereocenters. The fourth-order valence-electron chi connectivity index (χ4n) is 3.11. The minimum absolute atomic E-state index is 0.878. The molecular weight excluding hydrogens is 278 g/mol. The van der Waals surface area contributed by atoms with E-state index in [0.29, 0.717) is 0 Å². The molecule has 2 heterocycles. The van der Waals surface area contributed by atoms with E-state index in [1.807, 2.05) is 11.3 Å². The van der Waals surface area contributed by atoms with Gasteiger partial charge in [-0.05, 0) is 56.4 Å². The SMILES string of the molecule is CCN(CC)CCN(Cc1cccs1)CC1CCNCC1. The second-order valence-corrected chi connectivity index (χ2v) is 7.07. The highest BCUT2D eigenvalue weighted by Crippen LogP contribution is 2.17. The number of piperidine rings is 1. The molecule has 1 aromatic rings. The molecule has 0 saturated carbocycles. The minimum Gasteiger partial charge on any atom is -0.317 e. The normalized spacial score (nSPS) is 17.0. The summed E-state index contributed by atoms with van der Waals surface area (Å²) in [5, 5.41) is 5.67. The van der Waals surface area contributed by atoms with Gasteiger partial charge in [-0.15, -0.1) is 11.3 Å². The van der Waals surface area contributed by atoms with Gasteiger partial charge in [0, 0.05) is 31.1 Å². The van der Waals surface area contributed by atoms with Crippen LogP contribution in [-0.2, 0) is 6.54 Å². The van der Waals surface area contributed by atoms with E-state index in [2.05, 4.69) is 46.5 Å². The quantitative estimate of drug-likeness (QED) is 0.757. The Bertz CT molecular complexity index is 356. The monoisotopic (exact) mass is 309 g/mol. The fraction of sp³-hybridized carbons (Fsp3) is 0.765. The van der Waals surface area contributed by atoms with E-state index >= 15 is 0 Å². The maximum atomic E-state index is 3.48. The Balaban J connectivity index is 1.85. The maximum absolute atomic E-state index is 3.48. The van der Waals surface area contributed by atoms with Gasteiger partial charge in [0.15, 0.2) is 0 Å². The highest BCUT2D eigenvalue weighted by Gasteiger charge is 2.18. The lowest BCUT2D eigenvalue weighted by Crippen LogP contribution is -2.39. The highest BCUT2D eigenvalue weighted by atomic mass is 32.1. The van der Waals surface area contributed by atoms with Crippen molar-refractivity contribution in [2.45, 2.75) is 33.2 Å². The van der Waals surface area contributed by atoms with Gasteiger partial charge in [-0.2, -0.15) is 0 Å². The Morgan fingerprint density at radius 3 is 2.48 bits per heavy atom. The predicted octanol–water partition coefficient (Wildman–Crippen LogP) is 2.89. The van der Waals surface area contributed by atoms with Gasteiger partial charge in [0.1, 0.15) is 0 Å². The maximum Gasteiger partial charge on any atom is 0.0328 e. The van der Waals surface area contributed by atoms with E-state index in [1.165, 1.54) is 50.4 Å². The Labute approximate surface area is 134 Å². The van der Waals surface area contributed by atoms with Gasteiger partial charge in [0.05, 0.1) is 0 Å². The molecule has 2 rings (SSSR count). The average molecular weight is 310 g/mol. The lowest BCUT2D eigenvalue weighted by atomic mass is 9.97. The average Bonchev–Trinajstić information content (AvgIpc) is 3.02. The zero-order chi connectivity index (χ0) is 14.9. The third kappa shape index (κ3) is 6.07. The largest absolute Gasteiger partial charge is 0.317 e. The molecule has 0 amide bonds. The summed E-state index contributed by atoms with van der Waals surface area (Å²) in [5.74, 6) is 0.878. The number of hydrogen-bond donors (Lipinski definition) is 1. The number of rotatable bonds is 9. The molecule has 1 saturated heterocycles. The van der Waals surface area contributed by atoms with Gasteiger partial charge in [0.25, 0.3) is 0 Å². The highest BCUT2D eigenvalue weighted by molar-refractivity contribution is 7.09. The van der Waals surface area contributed by atoms with Crippen molar-refractivity contribution in [2.75, 3.05) is 45.8 Å². The molecule has 1 aliphatic heterocycles. The van der Waals surface area contributed by atoms with Crippen LogP contribution in [0, 0.1) is 5.92 Å². The first-order valence-corrected chi connectivity index (χ1v) is 9.37. The Kier molecular flexibility index (Phi) is 7.72. The van der Waals surface area contributed by atoms with Crippen molar-refractivity contribution < 1.29 is 0 Å². The molecule has 1 N–H and O–H groups in total. The molecule has 0 aliphatic carbocycles. The topological polar surface area (TPSA) is 18.5 Å². The number of hydrogen-bond acceptors (Lipinski definition) is 4. The molecule has 1 fully saturated rings. The molecule has 1 aliphatic rings. The fourth-order valence-corrected chi connectivity index (χ4v) is 3.86. The van der Waals surface area contributed by atoms with Crippen molar-refractivity contribution in [2.24, 2.45) is 5.92 Å². The second-order valence-electron chi connectivity index (χ2n) is 6.03. The molecule has 4 heteroatoms. The van der Waals surface area contributed by atoms with Gasteiger partial charge in [-0.1, -0.05) is 19.9 Å². The number of nitrogens with zero attached hydrogens (tertiary/aromatic N) is 2. The standard InChI is InChI=1S/C17H31N3S/c1-3-19(4-2)11-12-20(15-17-6-5-13-21-17)14-16-7-9-18-10-8-16/h5-6,13,16,18H,3-4,7-12,14-15H2,1-2H3. The van der Waals surface area contributed by atoms with E-state index in [4.69, 9.17) is 0 Å². The second kappa shape index (κ2) is 9.57. The smallest absolute Gasteiger partial charge is 0.0328 e. The van der Waals surface area contributed by atoms with E-state index in [1.54, 1.807) is 0 Å². The first kappa shape index (κ1) is 16.9. The van der Waals surface area contributed by atoms with E-state index < -0.39 is 0 Å². The Hall–Kier alpha value is -0.420. The van der Waals surface area contributed by atoms with Gasteiger partial charge < -0.3 is 10.2 Å². The van der Waals surface area contributed by atoms with Gasteiger partial charge in [0.2, 0.25) is 0 Å². The third-order valence-electron chi connectivity index (χ3n) is 4.56. The van der Waals surface area contributed by atoms with Crippen LogP contribution in [0.3, 0.4) is 0 Å². The van der Waals surface area contributed by atoms with Gasteiger partial charge in [-0.3, -0.25) is 4.90 Å². The minimum atomic E-state index is 0.878. The van der Waals surface area contributed by atoms with Crippen LogP contribution < -0.4 is 5.32 Å². The molecule has 0 spiro atoms. The van der Waals surface area contributed by atoms with E-state index in [0.717, 1.165) is 25.6 Å². The van der Waals surface area contributed by atoms with Crippen molar-refractivity contribution in [3.63, 3.8) is 0 Å². The Morgan fingerprint density at radius 2 is 1.86 bits per heavy atom. The van der Waals surface area contributed by atoms with Crippen LogP contribution in [0.25, 0.3) is 0 Å². The zero-order valence-corrected chi connectivity index (χ0v) is 14.5. The third-order valence-corrected chi connectivity index (χ3v) is 5.42. The van der Waals surface area contributed by atoms with Crippen LogP contribution in [0.5, 0.6) is 0 Å². The summed E-state index contributed by atoms with van der Waals surface area (Å²) in [5.41, 5.74) is 0. The van der Waals surface area contributed by atoms with Crippen molar-refractivity contribution in [1.82, 2.24) is 15.1 Å². The van der Waals surface area contributed by atoms with Crippen molar-refractivity contribution in [3.8, 4) is 0 Å². The molecular formula is C17H31N3S. The first-order valence-electron chi connectivity index (χ1n) is 8.49. The van der Waals surface area contributed by atoms with E-state index in [9.17, 15) is 0 Å². The molecule has 0 radical (unpaired) electrons. The molecule has 21 heavy (non-hydrogen) atoms. The van der Waals surface area contributed by atoms with Crippen LogP contribution in [0.2, 0.25) is 0 Å². The molecule has 120 valence electrons. The summed E-state index contributed by atoms with van der Waals surface area (Å²) in [7, 11) is 0. The molecule has 3 nitrogen and oxygen atoms in total. The van der Waals surface area contributed by atoms with Gasteiger partial charge >= 0.3 is 0 Å². The number of thiophene rings is 1. The van der Waals surface area contributed by atoms with Crippen LogP contribution in [0.4, 0.5) is 0 Å². The van der Waals surface area contributed by atoms with E-state index in [-0.39, 0.29) is 0 Å². The molecule has 0 aromatic carbocycles. The lowest BCUT2D eigenvalue weighted by Gasteiger charge is -2.31. The summed E-state index contributed by atoms with van der Waals surface area (Å²) in [6.45, 7) is 14.0. The number of nitrogens with one attached hydrogen (secondary N) is 1. The zero-order valence-electron chi connectivity index (χ0n) is 13.7. The molecule has 0 bridgehead atoms. The van der Waals surface area contributed by atoms with Crippen molar-refractivity contribution in [3.05, 3.63) is 22.4 Å². The van der Waals surface area contributed by atoms with Crippen molar-refractivity contribution >= 4 is 11.3 Å². The Morgan fingerprint density at radius 1 is 1.14 bits per heavy atom. The molecule has 1 aromatic heterocycles. The lowest BCUT2D eigenvalue weighted by molar-refractivity contribution is 0.171. The summed E-state index contributed by atoms with van der Waals surface area (Å²) in [6.07, 6.45) is 2.68. The summed E-state index contributed by atoms with van der Waals surface area (Å²) in [6, 6.07) is 4.45.